The fourth-order valence-corrected chi connectivity index (χ4v) is 4.09. The van der Waals surface area contributed by atoms with Crippen LogP contribution in [0.1, 0.15) is 54.3 Å². The predicted octanol–water partition coefficient (Wildman–Crippen LogP) is 5.01. The summed E-state index contributed by atoms with van der Waals surface area (Å²) in [6, 6.07) is 25.8. The van der Waals surface area contributed by atoms with Gasteiger partial charge in [0.1, 0.15) is 0 Å². The molecule has 4 rings (SSSR count). The van der Waals surface area contributed by atoms with E-state index in [1.165, 1.54) is 7.11 Å². The lowest BCUT2D eigenvalue weighted by Crippen LogP contribution is -2.32. The van der Waals surface area contributed by atoms with Crippen LogP contribution in [0.5, 0.6) is 0 Å². The smallest absolute Gasteiger partial charge is 0.353 e. The highest BCUT2D eigenvalue weighted by atomic mass is 16.7. The van der Waals surface area contributed by atoms with Gasteiger partial charge < -0.3 is 23.7 Å². The number of methoxy groups -OCH3 is 1. The second-order valence-electron chi connectivity index (χ2n) is 8.70. The van der Waals surface area contributed by atoms with Gasteiger partial charge in [-0.2, -0.15) is 0 Å². The van der Waals surface area contributed by atoms with Crippen LogP contribution in [-0.4, -0.2) is 37.9 Å². The monoisotopic (exact) mass is 518 g/mol. The van der Waals surface area contributed by atoms with Gasteiger partial charge in [0.05, 0.1) is 7.11 Å². The minimum atomic E-state index is -1.46. The van der Waals surface area contributed by atoms with E-state index in [-0.39, 0.29) is 0 Å². The van der Waals surface area contributed by atoms with Crippen molar-refractivity contribution in [1.29, 1.82) is 0 Å². The van der Waals surface area contributed by atoms with Crippen molar-refractivity contribution in [3.8, 4) is 0 Å². The minimum Gasteiger partial charge on any atom is -0.466 e. The van der Waals surface area contributed by atoms with Crippen LogP contribution in [0.3, 0.4) is 0 Å². The summed E-state index contributed by atoms with van der Waals surface area (Å²) in [6.07, 6.45) is -2.04. The Morgan fingerprint density at radius 3 is 1.55 bits per heavy atom. The molecule has 38 heavy (non-hydrogen) atoms. The molecule has 1 aliphatic heterocycles. The Morgan fingerprint density at radius 2 is 1.11 bits per heavy atom. The van der Waals surface area contributed by atoms with Crippen molar-refractivity contribution in [3.05, 3.63) is 108 Å². The van der Waals surface area contributed by atoms with E-state index >= 15 is 0 Å². The van der Waals surface area contributed by atoms with E-state index in [0.29, 0.717) is 29.7 Å². The summed E-state index contributed by atoms with van der Waals surface area (Å²) in [5, 5.41) is 0. The van der Waals surface area contributed by atoms with Gasteiger partial charge in [-0.25, -0.2) is 14.4 Å². The van der Waals surface area contributed by atoms with Crippen molar-refractivity contribution < 1.29 is 38.1 Å². The molecule has 8 nitrogen and oxygen atoms in total. The standard InChI is InChI=1S/C30H30O8/c1-34-28(31)25(21-13-5-2-6-14-21)37-30(33)27(23-17-9-4-10-18-23)38-29(32)26(22-15-7-3-8-16-22)36-24-19-11-12-20-35-24/h2-10,13-18,24-27H,11-12,19-20H2,1H3/t24?,25-,26-,27-/m0/s1. The van der Waals surface area contributed by atoms with Gasteiger partial charge in [0.15, 0.2) is 12.4 Å². The lowest BCUT2D eigenvalue weighted by Gasteiger charge is -2.28. The van der Waals surface area contributed by atoms with Gasteiger partial charge in [-0.15, -0.1) is 0 Å². The lowest BCUT2D eigenvalue weighted by molar-refractivity contribution is -0.210. The fourth-order valence-electron chi connectivity index (χ4n) is 4.09. The van der Waals surface area contributed by atoms with Crippen LogP contribution in [-0.2, 0) is 38.1 Å². The van der Waals surface area contributed by atoms with E-state index in [9.17, 15) is 14.4 Å². The van der Waals surface area contributed by atoms with Crippen molar-refractivity contribution in [1.82, 2.24) is 0 Å². The van der Waals surface area contributed by atoms with Crippen molar-refractivity contribution in [2.45, 2.75) is 43.9 Å². The molecule has 3 aromatic rings. The molecule has 3 aromatic carbocycles. The van der Waals surface area contributed by atoms with E-state index in [1.54, 1.807) is 84.9 Å². The van der Waals surface area contributed by atoms with E-state index in [2.05, 4.69) is 0 Å². The number of carbonyl (C=O) groups is 3. The van der Waals surface area contributed by atoms with Gasteiger partial charge in [-0.1, -0.05) is 91.0 Å². The van der Waals surface area contributed by atoms with Crippen LogP contribution in [0.15, 0.2) is 91.0 Å². The quantitative estimate of drug-likeness (QED) is 0.273. The Morgan fingerprint density at radius 1 is 0.658 bits per heavy atom. The second-order valence-corrected chi connectivity index (χ2v) is 8.70. The zero-order chi connectivity index (χ0) is 26.7. The summed E-state index contributed by atoms with van der Waals surface area (Å²) in [5.41, 5.74) is 1.36. The molecule has 1 fully saturated rings. The molecular formula is C30H30O8. The molecular weight excluding hydrogens is 488 g/mol. The van der Waals surface area contributed by atoms with Gasteiger partial charge in [-0.05, 0) is 24.8 Å². The maximum absolute atomic E-state index is 13.5. The summed E-state index contributed by atoms with van der Waals surface area (Å²) < 4.78 is 27.9. The van der Waals surface area contributed by atoms with Crippen LogP contribution in [0.25, 0.3) is 0 Å². The zero-order valence-electron chi connectivity index (χ0n) is 21.1. The summed E-state index contributed by atoms with van der Waals surface area (Å²) in [7, 11) is 1.20. The maximum atomic E-state index is 13.5. The summed E-state index contributed by atoms with van der Waals surface area (Å²) in [4.78, 5) is 39.5. The van der Waals surface area contributed by atoms with Crippen molar-refractivity contribution in [2.24, 2.45) is 0 Å². The first-order valence-electron chi connectivity index (χ1n) is 12.5. The Kier molecular flexibility index (Phi) is 9.61. The number of benzene rings is 3. The third kappa shape index (κ3) is 7.06. The van der Waals surface area contributed by atoms with Gasteiger partial charge >= 0.3 is 17.9 Å². The van der Waals surface area contributed by atoms with E-state index in [1.807, 2.05) is 6.07 Å². The van der Waals surface area contributed by atoms with Crippen molar-refractivity contribution >= 4 is 17.9 Å². The third-order valence-corrected chi connectivity index (χ3v) is 6.04. The van der Waals surface area contributed by atoms with Crippen LogP contribution >= 0.6 is 0 Å². The summed E-state index contributed by atoms with van der Waals surface area (Å²) in [6.45, 7) is 0.536. The SMILES string of the molecule is COC(=O)[C@@H](OC(=O)[C@@H](OC(=O)[C@@H](OC1CCCCO1)c1ccccc1)c1ccccc1)c1ccccc1. The van der Waals surface area contributed by atoms with Crippen molar-refractivity contribution in [3.63, 3.8) is 0 Å². The van der Waals surface area contributed by atoms with Gasteiger partial charge in [0, 0.05) is 17.7 Å². The largest absolute Gasteiger partial charge is 0.466 e. The Balaban J connectivity index is 1.60. The van der Waals surface area contributed by atoms with Crippen LogP contribution in [0.2, 0.25) is 0 Å². The fraction of sp³-hybridized carbons (Fsp3) is 0.300. The number of hydrogen-bond acceptors (Lipinski definition) is 8. The lowest BCUT2D eigenvalue weighted by atomic mass is 10.1. The van der Waals surface area contributed by atoms with E-state index < -0.39 is 42.5 Å². The molecule has 4 atom stereocenters. The first kappa shape index (κ1) is 27.0. The third-order valence-electron chi connectivity index (χ3n) is 6.04. The molecule has 0 radical (unpaired) electrons. The molecule has 1 heterocycles. The topological polar surface area (TPSA) is 97.4 Å². The molecule has 1 aliphatic rings. The number of ether oxygens (including phenoxy) is 5. The van der Waals surface area contributed by atoms with Crippen molar-refractivity contribution in [2.75, 3.05) is 13.7 Å². The normalized spacial score (nSPS) is 17.4. The highest BCUT2D eigenvalue weighted by Crippen LogP contribution is 2.30. The number of carbonyl (C=O) groups excluding carboxylic acids is 3. The molecule has 198 valence electrons. The molecule has 0 N–H and O–H groups in total. The highest BCUT2D eigenvalue weighted by Gasteiger charge is 2.36. The molecule has 0 saturated carbocycles. The number of rotatable bonds is 10. The first-order chi connectivity index (χ1) is 18.6. The van der Waals surface area contributed by atoms with E-state index in [4.69, 9.17) is 23.7 Å². The van der Waals surface area contributed by atoms with Crippen LogP contribution in [0, 0.1) is 0 Å². The Hall–Kier alpha value is -4.01. The van der Waals surface area contributed by atoms with E-state index in [0.717, 1.165) is 12.8 Å². The molecule has 1 unspecified atom stereocenters. The van der Waals surface area contributed by atoms with Gasteiger partial charge in [0.2, 0.25) is 12.2 Å². The molecule has 0 aromatic heterocycles. The molecule has 1 saturated heterocycles. The summed E-state index contributed by atoms with van der Waals surface area (Å²) >= 11 is 0. The number of esters is 3. The Labute approximate surface area is 221 Å². The zero-order valence-corrected chi connectivity index (χ0v) is 21.1. The Bertz CT molecular complexity index is 1180. The summed E-state index contributed by atoms with van der Waals surface area (Å²) in [5.74, 6) is -2.47. The molecule has 8 heteroatoms. The molecule has 0 aliphatic carbocycles. The predicted molar refractivity (Wildman–Crippen MR) is 136 cm³/mol. The van der Waals surface area contributed by atoms with Gasteiger partial charge in [0.25, 0.3) is 0 Å². The molecule has 0 bridgehead atoms. The van der Waals surface area contributed by atoms with Crippen LogP contribution in [0.4, 0.5) is 0 Å². The second kappa shape index (κ2) is 13.5. The molecule has 0 amide bonds. The average molecular weight is 519 g/mol. The number of hydrogen-bond donors (Lipinski definition) is 0. The minimum absolute atomic E-state index is 0.378. The average Bonchev–Trinajstić information content (AvgIpc) is 2.98. The molecule has 0 spiro atoms. The van der Waals surface area contributed by atoms with Gasteiger partial charge in [-0.3, -0.25) is 0 Å². The highest BCUT2D eigenvalue weighted by molar-refractivity contribution is 5.86. The first-order valence-corrected chi connectivity index (χ1v) is 12.5. The van der Waals surface area contributed by atoms with Crippen LogP contribution < -0.4 is 0 Å². The maximum Gasteiger partial charge on any atom is 0.353 e.